The highest BCUT2D eigenvalue weighted by Crippen LogP contribution is 2.39. The van der Waals surface area contributed by atoms with Crippen molar-refractivity contribution in [3.8, 4) is 0 Å². The molecule has 1 atom stereocenters. The van der Waals surface area contributed by atoms with E-state index >= 15 is 0 Å². The summed E-state index contributed by atoms with van der Waals surface area (Å²) in [6, 6.07) is 12.8. The quantitative estimate of drug-likeness (QED) is 0.817. The molecule has 3 heteroatoms. The third-order valence-corrected chi connectivity index (χ3v) is 4.88. The summed E-state index contributed by atoms with van der Waals surface area (Å²) < 4.78 is 0. The molecule has 0 saturated heterocycles. The van der Waals surface area contributed by atoms with Crippen molar-refractivity contribution in [1.82, 2.24) is 0 Å². The zero-order chi connectivity index (χ0) is 12.1. The first-order valence-corrected chi connectivity index (χ1v) is 7.53. The minimum absolute atomic E-state index is 0.480. The van der Waals surface area contributed by atoms with Crippen molar-refractivity contribution in [3.63, 3.8) is 0 Å². The van der Waals surface area contributed by atoms with Gasteiger partial charge in [0.15, 0.2) is 0 Å². The van der Waals surface area contributed by atoms with Crippen molar-refractivity contribution in [3.05, 3.63) is 52.2 Å². The summed E-state index contributed by atoms with van der Waals surface area (Å²) >= 11 is 3.73. The van der Waals surface area contributed by atoms with Crippen molar-refractivity contribution in [2.24, 2.45) is 5.73 Å². The molecular weight excluding hydrogens is 246 g/mol. The number of thioether (sulfide) groups is 1. The van der Waals surface area contributed by atoms with Gasteiger partial charge < -0.3 is 5.73 Å². The van der Waals surface area contributed by atoms with Crippen LogP contribution >= 0.6 is 23.1 Å². The van der Waals surface area contributed by atoms with Crippen LogP contribution in [-0.4, -0.2) is 6.54 Å². The minimum Gasteiger partial charge on any atom is -0.330 e. The highest BCUT2D eigenvalue weighted by atomic mass is 32.2. The van der Waals surface area contributed by atoms with Crippen LogP contribution in [0.5, 0.6) is 0 Å². The van der Waals surface area contributed by atoms with Crippen molar-refractivity contribution >= 4 is 23.1 Å². The average molecular weight is 263 g/mol. The Hall–Kier alpha value is -0.770. The average Bonchev–Trinajstić information content (AvgIpc) is 2.76. The van der Waals surface area contributed by atoms with Crippen molar-refractivity contribution in [2.75, 3.05) is 6.54 Å². The molecule has 0 aliphatic heterocycles. The van der Waals surface area contributed by atoms with E-state index < -0.39 is 0 Å². The maximum atomic E-state index is 5.73. The zero-order valence-electron chi connectivity index (χ0n) is 9.93. The van der Waals surface area contributed by atoms with Crippen LogP contribution in [-0.2, 0) is 0 Å². The second-order valence-electron chi connectivity index (χ2n) is 3.93. The number of aryl methyl sites for hydroxylation is 1. The van der Waals surface area contributed by atoms with E-state index in [4.69, 9.17) is 5.73 Å². The zero-order valence-corrected chi connectivity index (χ0v) is 11.6. The van der Waals surface area contributed by atoms with E-state index in [1.54, 1.807) is 0 Å². The van der Waals surface area contributed by atoms with Crippen LogP contribution in [0.4, 0.5) is 0 Å². The maximum absolute atomic E-state index is 5.73. The molecule has 1 heterocycles. The van der Waals surface area contributed by atoms with Gasteiger partial charge in [0.1, 0.15) is 0 Å². The highest BCUT2D eigenvalue weighted by Gasteiger charge is 2.15. The summed E-state index contributed by atoms with van der Waals surface area (Å²) in [4.78, 5) is 2.73. The van der Waals surface area contributed by atoms with E-state index in [9.17, 15) is 0 Å². The van der Waals surface area contributed by atoms with E-state index in [1.807, 2.05) is 23.1 Å². The molecule has 0 amide bonds. The smallest absolute Gasteiger partial charge is 0.0367 e. The Labute approximate surface area is 111 Å². The lowest BCUT2D eigenvalue weighted by Gasteiger charge is -2.15. The Bertz CT molecular complexity index is 450. The van der Waals surface area contributed by atoms with Gasteiger partial charge in [-0.3, -0.25) is 0 Å². The number of benzene rings is 1. The predicted molar refractivity (Wildman–Crippen MR) is 77.8 cm³/mol. The van der Waals surface area contributed by atoms with Crippen LogP contribution in [0.1, 0.15) is 22.1 Å². The summed E-state index contributed by atoms with van der Waals surface area (Å²) in [6.45, 7) is 2.93. The largest absolute Gasteiger partial charge is 0.330 e. The Kier molecular flexibility index (Phi) is 4.66. The molecule has 0 fully saturated rings. The summed E-state index contributed by atoms with van der Waals surface area (Å²) in [6.07, 6.45) is 1.02. The van der Waals surface area contributed by atoms with Crippen LogP contribution < -0.4 is 5.73 Å². The van der Waals surface area contributed by atoms with Gasteiger partial charge in [0, 0.05) is 15.0 Å². The maximum Gasteiger partial charge on any atom is 0.0367 e. The minimum atomic E-state index is 0.480. The van der Waals surface area contributed by atoms with Gasteiger partial charge in [0.05, 0.1) is 0 Å². The van der Waals surface area contributed by atoms with Crippen LogP contribution in [0.3, 0.4) is 0 Å². The molecule has 1 unspecified atom stereocenters. The third kappa shape index (κ3) is 3.35. The fourth-order valence-corrected chi connectivity index (χ4v) is 3.94. The molecule has 17 heavy (non-hydrogen) atoms. The van der Waals surface area contributed by atoms with E-state index in [1.165, 1.54) is 15.3 Å². The number of rotatable bonds is 5. The van der Waals surface area contributed by atoms with Crippen molar-refractivity contribution in [1.29, 1.82) is 0 Å². The molecule has 0 bridgehead atoms. The fraction of sp³-hybridized carbons (Fsp3) is 0.286. The van der Waals surface area contributed by atoms with Crippen molar-refractivity contribution in [2.45, 2.75) is 23.5 Å². The summed E-state index contributed by atoms with van der Waals surface area (Å²) in [5, 5.41) is 2.65. The topological polar surface area (TPSA) is 26.0 Å². The molecule has 2 aromatic rings. The van der Waals surface area contributed by atoms with E-state index in [-0.39, 0.29) is 0 Å². The molecule has 0 radical (unpaired) electrons. The van der Waals surface area contributed by atoms with Crippen molar-refractivity contribution < 1.29 is 0 Å². The molecule has 0 aliphatic carbocycles. The number of nitrogens with two attached hydrogens (primary N) is 1. The second-order valence-corrected chi connectivity index (χ2v) is 6.33. The summed E-state index contributed by atoms with van der Waals surface area (Å²) in [5.74, 6) is 0. The monoisotopic (exact) mass is 263 g/mol. The molecule has 2 N–H and O–H groups in total. The molecule has 0 aliphatic rings. The Balaban J connectivity index is 2.16. The Morgan fingerprint density at radius 1 is 1.24 bits per heavy atom. The number of hydrogen-bond donors (Lipinski definition) is 1. The van der Waals surface area contributed by atoms with Gasteiger partial charge in [-0.1, -0.05) is 18.2 Å². The first kappa shape index (κ1) is 12.7. The molecule has 1 nitrogen and oxygen atoms in total. The standard InChI is InChI=1S/C14H17NS2/c1-11-13(8-10-16-11)14(7-9-15)17-12-5-3-2-4-6-12/h2-6,8,10,14H,7,9,15H2,1H3. The fourth-order valence-electron chi connectivity index (χ4n) is 1.82. The normalized spacial score (nSPS) is 12.6. The Morgan fingerprint density at radius 2 is 2.00 bits per heavy atom. The van der Waals surface area contributed by atoms with E-state index in [2.05, 4.69) is 48.7 Å². The van der Waals surface area contributed by atoms with E-state index in [0.717, 1.165) is 13.0 Å². The predicted octanol–water partition coefficient (Wildman–Crippen LogP) is 4.24. The van der Waals surface area contributed by atoms with Crippen LogP contribution in [0.2, 0.25) is 0 Å². The van der Waals surface area contributed by atoms with Gasteiger partial charge in [-0.2, -0.15) is 0 Å². The van der Waals surface area contributed by atoms with Crippen LogP contribution in [0.15, 0.2) is 46.7 Å². The van der Waals surface area contributed by atoms with Crippen LogP contribution in [0, 0.1) is 6.92 Å². The first-order valence-electron chi connectivity index (χ1n) is 5.77. The number of thiophene rings is 1. The molecule has 0 saturated carbocycles. The second kappa shape index (κ2) is 6.24. The van der Waals surface area contributed by atoms with Gasteiger partial charge in [-0.25, -0.2) is 0 Å². The highest BCUT2D eigenvalue weighted by molar-refractivity contribution is 7.99. The van der Waals surface area contributed by atoms with Gasteiger partial charge in [0.25, 0.3) is 0 Å². The lowest BCUT2D eigenvalue weighted by Crippen LogP contribution is -2.05. The lowest BCUT2D eigenvalue weighted by atomic mass is 10.1. The lowest BCUT2D eigenvalue weighted by molar-refractivity contribution is 0.813. The SMILES string of the molecule is Cc1sccc1C(CCN)Sc1ccccc1. The molecule has 1 aromatic carbocycles. The van der Waals surface area contributed by atoms with Gasteiger partial charge in [0.2, 0.25) is 0 Å². The molecule has 2 rings (SSSR count). The van der Waals surface area contributed by atoms with Gasteiger partial charge in [-0.15, -0.1) is 23.1 Å². The van der Waals surface area contributed by atoms with Gasteiger partial charge >= 0.3 is 0 Å². The molecule has 90 valence electrons. The van der Waals surface area contributed by atoms with E-state index in [0.29, 0.717) is 5.25 Å². The van der Waals surface area contributed by atoms with Gasteiger partial charge in [-0.05, 0) is 49.0 Å². The van der Waals surface area contributed by atoms with Crippen LogP contribution in [0.25, 0.3) is 0 Å². The molecule has 1 aromatic heterocycles. The summed E-state index contributed by atoms with van der Waals surface area (Å²) in [5.41, 5.74) is 7.17. The summed E-state index contributed by atoms with van der Waals surface area (Å²) in [7, 11) is 0. The first-order chi connectivity index (χ1) is 8.31. The number of hydrogen-bond acceptors (Lipinski definition) is 3. The molecule has 0 spiro atoms. The Morgan fingerprint density at radius 3 is 2.59 bits per heavy atom. The molecular formula is C14H17NS2. The third-order valence-electron chi connectivity index (χ3n) is 2.70.